The lowest BCUT2D eigenvalue weighted by Crippen LogP contribution is -2.00. The summed E-state index contributed by atoms with van der Waals surface area (Å²) in [6.07, 6.45) is 3.58. The maximum Gasteiger partial charge on any atom is 0.337 e. The molecule has 0 unspecified atom stereocenters. The van der Waals surface area contributed by atoms with Crippen LogP contribution in [0.3, 0.4) is 0 Å². The van der Waals surface area contributed by atoms with Gasteiger partial charge in [-0.3, -0.25) is 4.98 Å². The molecule has 0 atom stereocenters. The van der Waals surface area contributed by atoms with E-state index in [9.17, 15) is 4.79 Å². The smallest absolute Gasteiger partial charge is 0.337 e. The maximum atomic E-state index is 11.3. The average molecular weight is 306 g/mol. The second kappa shape index (κ2) is 5.31. The van der Waals surface area contributed by atoms with Crippen LogP contribution in [0.5, 0.6) is 0 Å². The summed E-state index contributed by atoms with van der Waals surface area (Å²) in [7, 11) is 1.37. The number of hydrogen-bond donors (Lipinski definition) is 0. The lowest BCUT2D eigenvalue weighted by atomic mass is 10.0. The number of esters is 1. The fourth-order valence-corrected chi connectivity index (χ4v) is 2.03. The van der Waals surface area contributed by atoms with E-state index < -0.39 is 0 Å². The van der Waals surface area contributed by atoms with Gasteiger partial charge in [-0.05, 0) is 46.1 Å². The highest BCUT2D eigenvalue weighted by atomic mass is 79.9. The van der Waals surface area contributed by atoms with Crippen molar-refractivity contribution >= 4 is 21.9 Å². The van der Waals surface area contributed by atoms with Gasteiger partial charge in [0.25, 0.3) is 0 Å². The molecular formula is C14H12BrNO2. The molecule has 92 valence electrons. The van der Waals surface area contributed by atoms with Gasteiger partial charge in [-0.1, -0.05) is 12.1 Å². The number of pyridine rings is 1. The number of aromatic nitrogens is 1. The van der Waals surface area contributed by atoms with Gasteiger partial charge in [0.2, 0.25) is 0 Å². The van der Waals surface area contributed by atoms with Crippen LogP contribution in [0.25, 0.3) is 11.1 Å². The lowest BCUT2D eigenvalue weighted by Gasteiger charge is -2.07. The van der Waals surface area contributed by atoms with Crippen LogP contribution in [0.4, 0.5) is 0 Å². The molecule has 0 amide bonds. The lowest BCUT2D eigenvalue weighted by molar-refractivity contribution is 0.0601. The van der Waals surface area contributed by atoms with E-state index in [0.29, 0.717) is 5.56 Å². The fraction of sp³-hybridized carbons (Fsp3) is 0.143. The van der Waals surface area contributed by atoms with E-state index in [1.807, 2.05) is 25.3 Å². The second-order valence-corrected chi connectivity index (χ2v) is 4.72. The summed E-state index contributed by atoms with van der Waals surface area (Å²) in [5, 5.41) is 0. The number of rotatable bonds is 2. The molecule has 0 radical (unpaired) electrons. The third kappa shape index (κ3) is 2.43. The Morgan fingerprint density at radius 2 is 1.89 bits per heavy atom. The minimum Gasteiger partial charge on any atom is -0.465 e. The third-order valence-corrected chi connectivity index (χ3v) is 3.57. The minimum absolute atomic E-state index is 0.328. The summed E-state index contributed by atoms with van der Waals surface area (Å²) in [6, 6.07) is 7.29. The number of hydrogen-bond acceptors (Lipinski definition) is 3. The molecule has 0 saturated heterocycles. The topological polar surface area (TPSA) is 39.2 Å². The van der Waals surface area contributed by atoms with Gasteiger partial charge in [0.15, 0.2) is 0 Å². The van der Waals surface area contributed by atoms with Crippen LogP contribution in [0.1, 0.15) is 15.9 Å². The molecule has 0 saturated carbocycles. The number of carbonyl (C=O) groups is 1. The van der Waals surface area contributed by atoms with Crippen LogP contribution >= 0.6 is 15.9 Å². The number of methoxy groups -OCH3 is 1. The third-order valence-electron chi connectivity index (χ3n) is 2.77. The van der Waals surface area contributed by atoms with Crippen molar-refractivity contribution in [3.05, 3.63) is 52.3 Å². The molecule has 4 heteroatoms. The van der Waals surface area contributed by atoms with Crippen LogP contribution in [0.2, 0.25) is 0 Å². The summed E-state index contributed by atoms with van der Waals surface area (Å²) in [6.45, 7) is 2.02. The molecule has 1 heterocycles. The van der Waals surface area contributed by atoms with Gasteiger partial charge < -0.3 is 4.74 Å². The molecule has 2 rings (SSSR count). The molecule has 18 heavy (non-hydrogen) atoms. The Morgan fingerprint density at radius 1 is 1.22 bits per heavy atom. The standard InChI is InChI=1S/C14H12BrNO2/c1-9-12(7-16-8-13(9)15)10-3-5-11(6-4-10)14(17)18-2/h3-8H,1-2H3. The summed E-state index contributed by atoms with van der Waals surface area (Å²) < 4.78 is 5.64. The van der Waals surface area contributed by atoms with Crippen LogP contribution in [0.15, 0.2) is 41.1 Å². The second-order valence-electron chi connectivity index (χ2n) is 3.86. The zero-order valence-electron chi connectivity index (χ0n) is 10.1. The van der Waals surface area contributed by atoms with Crippen molar-refractivity contribution in [2.45, 2.75) is 6.92 Å². The molecular weight excluding hydrogens is 294 g/mol. The largest absolute Gasteiger partial charge is 0.465 e. The molecule has 0 bridgehead atoms. The summed E-state index contributed by atoms with van der Waals surface area (Å²) in [4.78, 5) is 15.5. The van der Waals surface area contributed by atoms with Crippen molar-refractivity contribution in [1.82, 2.24) is 4.98 Å². The van der Waals surface area contributed by atoms with Gasteiger partial charge in [0.05, 0.1) is 12.7 Å². The number of carbonyl (C=O) groups excluding carboxylic acids is 1. The number of halogens is 1. The van der Waals surface area contributed by atoms with Crippen molar-refractivity contribution in [1.29, 1.82) is 0 Å². The molecule has 1 aromatic carbocycles. The van der Waals surface area contributed by atoms with E-state index in [0.717, 1.165) is 21.2 Å². The first-order valence-corrected chi connectivity index (χ1v) is 6.21. The van der Waals surface area contributed by atoms with Crippen molar-refractivity contribution in [3.63, 3.8) is 0 Å². The Hall–Kier alpha value is -1.68. The molecule has 0 fully saturated rings. The molecule has 1 aromatic heterocycles. The van der Waals surface area contributed by atoms with Gasteiger partial charge in [0.1, 0.15) is 0 Å². The SMILES string of the molecule is COC(=O)c1ccc(-c2cncc(Br)c2C)cc1. The first-order valence-electron chi connectivity index (χ1n) is 5.42. The Morgan fingerprint density at radius 3 is 2.50 bits per heavy atom. The van der Waals surface area contributed by atoms with Gasteiger partial charge in [-0.15, -0.1) is 0 Å². The Labute approximate surface area is 114 Å². The van der Waals surface area contributed by atoms with E-state index in [4.69, 9.17) is 0 Å². The number of ether oxygens (including phenoxy) is 1. The van der Waals surface area contributed by atoms with E-state index in [1.54, 1.807) is 18.3 Å². The Balaban J connectivity index is 2.40. The number of benzene rings is 1. The van der Waals surface area contributed by atoms with Crippen LogP contribution in [-0.4, -0.2) is 18.1 Å². The Kier molecular flexibility index (Phi) is 3.77. The van der Waals surface area contributed by atoms with Gasteiger partial charge >= 0.3 is 5.97 Å². The maximum absolute atomic E-state index is 11.3. The quantitative estimate of drug-likeness (QED) is 0.796. The monoisotopic (exact) mass is 305 g/mol. The minimum atomic E-state index is -0.328. The van der Waals surface area contributed by atoms with E-state index in [-0.39, 0.29) is 5.97 Å². The highest BCUT2D eigenvalue weighted by molar-refractivity contribution is 9.10. The highest BCUT2D eigenvalue weighted by Crippen LogP contribution is 2.27. The van der Waals surface area contributed by atoms with E-state index >= 15 is 0 Å². The van der Waals surface area contributed by atoms with Crippen LogP contribution in [0, 0.1) is 6.92 Å². The van der Waals surface area contributed by atoms with E-state index in [2.05, 4.69) is 25.7 Å². The summed E-state index contributed by atoms with van der Waals surface area (Å²) in [5.74, 6) is -0.328. The van der Waals surface area contributed by atoms with Gasteiger partial charge in [0, 0.05) is 22.4 Å². The van der Waals surface area contributed by atoms with Gasteiger partial charge in [-0.2, -0.15) is 0 Å². The summed E-state index contributed by atoms with van der Waals surface area (Å²) >= 11 is 3.46. The highest BCUT2D eigenvalue weighted by Gasteiger charge is 2.08. The molecule has 0 aliphatic heterocycles. The van der Waals surface area contributed by atoms with Crippen molar-refractivity contribution < 1.29 is 9.53 Å². The normalized spacial score (nSPS) is 10.2. The van der Waals surface area contributed by atoms with Crippen LogP contribution < -0.4 is 0 Å². The average Bonchev–Trinajstić information content (AvgIpc) is 2.41. The molecule has 0 aliphatic carbocycles. The zero-order valence-corrected chi connectivity index (χ0v) is 11.7. The predicted octanol–water partition coefficient (Wildman–Crippen LogP) is 3.61. The predicted molar refractivity (Wildman–Crippen MR) is 73.4 cm³/mol. The molecule has 0 aliphatic rings. The van der Waals surface area contributed by atoms with E-state index in [1.165, 1.54) is 7.11 Å². The van der Waals surface area contributed by atoms with Crippen molar-refractivity contribution in [2.75, 3.05) is 7.11 Å². The Bertz CT molecular complexity index is 579. The molecule has 2 aromatic rings. The summed E-state index contributed by atoms with van der Waals surface area (Å²) in [5.41, 5.74) is 3.73. The van der Waals surface area contributed by atoms with Crippen molar-refractivity contribution in [3.8, 4) is 11.1 Å². The molecule has 0 N–H and O–H groups in total. The number of nitrogens with zero attached hydrogens (tertiary/aromatic N) is 1. The zero-order chi connectivity index (χ0) is 13.1. The molecule has 3 nitrogen and oxygen atoms in total. The van der Waals surface area contributed by atoms with Gasteiger partial charge in [-0.25, -0.2) is 4.79 Å². The first kappa shape index (κ1) is 12.8. The van der Waals surface area contributed by atoms with Crippen molar-refractivity contribution in [2.24, 2.45) is 0 Å². The van der Waals surface area contributed by atoms with Crippen LogP contribution in [-0.2, 0) is 4.74 Å². The molecule has 0 spiro atoms. The first-order chi connectivity index (χ1) is 8.63. The fourth-order valence-electron chi connectivity index (χ4n) is 1.69.